The topological polar surface area (TPSA) is 35.2 Å². The first-order valence-electron chi connectivity index (χ1n) is 4.51. The monoisotopic (exact) mass is 237 g/mol. The lowest BCUT2D eigenvalue weighted by molar-refractivity contribution is 0.115. The first kappa shape index (κ1) is 12.8. The Morgan fingerprint density at radius 3 is 2.12 bits per heavy atom. The largest absolute Gasteiger partial charge is 0.497 e. The van der Waals surface area contributed by atoms with Crippen molar-refractivity contribution in [3.05, 3.63) is 29.3 Å². The highest BCUT2D eigenvalue weighted by Crippen LogP contribution is 2.22. The van der Waals surface area contributed by atoms with E-state index in [9.17, 15) is 17.6 Å². The Morgan fingerprint density at radius 1 is 1.25 bits per heavy atom. The van der Waals surface area contributed by atoms with Crippen molar-refractivity contribution in [2.24, 2.45) is 5.73 Å². The Hall–Kier alpha value is -1.30. The molecule has 1 rings (SSSR count). The van der Waals surface area contributed by atoms with E-state index in [0.717, 1.165) is 12.1 Å². The van der Waals surface area contributed by atoms with Crippen LogP contribution in [0.2, 0.25) is 0 Å². The molecule has 0 aromatic heterocycles. The molecule has 0 fully saturated rings. The van der Waals surface area contributed by atoms with Crippen molar-refractivity contribution in [2.75, 3.05) is 7.11 Å². The summed E-state index contributed by atoms with van der Waals surface area (Å²) >= 11 is 0. The van der Waals surface area contributed by atoms with E-state index in [-0.39, 0.29) is 5.75 Å². The molecule has 1 atom stereocenters. The molecule has 1 unspecified atom stereocenters. The molecule has 0 bridgehead atoms. The minimum absolute atomic E-state index is 0.00984. The van der Waals surface area contributed by atoms with Crippen molar-refractivity contribution in [3.8, 4) is 5.75 Å². The predicted octanol–water partition coefficient (Wildman–Crippen LogP) is 2.11. The Balaban J connectivity index is 2.96. The summed E-state index contributed by atoms with van der Waals surface area (Å²) < 4.78 is 55.5. The van der Waals surface area contributed by atoms with Gasteiger partial charge in [0.15, 0.2) is 0 Å². The molecule has 0 saturated carbocycles. The summed E-state index contributed by atoms with van der Waals surface area (Å²) in [6.45, 7) is 0. The number of ether oxygens (including phenoxy) is 1. The Bertz CT molecular complexity index is 347. The molecule has 0 amide bonds. The van der Waals surface area contributed by atoms with E-state index in [1.165, 1.54) is 7.11 Å². The fourth-order valence-electron chi connectivity index (χ4n) is 1.22. The van der Waals surface area contributed by atoms with E-state index >= 15 is 0 Å². The van der Waals surface area contributed by atoms with E-state index in [4.69, 9.17) is 5.73 Å². The molecule has 2 nitrogen and oxygen atoms in total. The molecule has 0 saturated heterocycles. The van der Waals surface area contributed by atoms with Crippen molar-refractivity contribution in [1.82, 2.24) is 0 Å². The van der Waals surface area contributed by atoms with Gasteiger partial charge < -0.3 is 10.5 Å². The maximum atomic E-state index is 13.3. The van der Waals surface area contributed by atoms with Gasteiger partial charge >= 0.3 is 0 Å². The molecule has 0 aliphatic rings. The van der Waals surface area contributed by atoms with Gasteiger partial charge in [-0.25, -0.2) is 17.6 Å². The lowest BCUT2D eigenvalue weighted by Crippen LogP contribution is -2.31. The van der Waals surface area contributed by atoms with Gasteiger partial charge in [-0.3, -0.25) is 0 Å². The summed E-state index contributed by atoms with van der Waals surface area (Å²) in [6.07, 6.45) is -3.37. The smallest absolute Gasteiger partial charge is 0.253 e. The second-order valence-electron chi connectivity index (χ2n) is 3.27. The number of methoxy groups -OCH3 is 1. The fraction of sp³-hybridized carbons (Fsp3) is 0.400. The van der Waals surface area contributed by atoms with Gasteiger partial charge in [0.05, 0.1) is 13.2 Å². The summed E-state index contributed by atoms with van der Waals surface area (Å²) in [5, 5.41) is 0. The van der Waals surface area contributed by atoms with Crippen molar-refractivity contribution in [3.63, 3.8) is 0 Å². The van der Waals surface area contributed by atoms with E-state index in [2.05, 4.69) is 4.74 Å². The molecule has 0 aliphatic heterocycles. The zero-order valence-electron chi connectivity index (χ0n) is 8.51. The van der Waals surface area contributed by atoms with E-state index in [0.29, 0.717) is 0 Å². The number of rotatable bonds is 4. The third kappa shape index (κ3) is 2.85. The predicted molar refractivity (Wildman–Crippen MR) is 50.6 cm³/mol. The highest BCUT2D eigenvalue weighted by Gasteiger charge is 2.20. The van der Waals surface area contributed by atoms with Gasteiger partial charge in [-0.1, -0.05) is 0 Å². The normalized spacial score (nSPS) is 12.9. The third-order valence-electron chi connectivity index (χ3n) is 2.11. The van der Waals surface area contributed by atoms with E-state index in [1.54, 1.807) is 0 Å². The van der Waals surface area contributed by atoms with Crippen LogP contribution in [0.1, 0.15) is 5.56 Å². The first-order valence-corrected chi connectivity index (χ1v) is 4.51. The van der Waals surface area contributed by atoms with Gasteiger partial charge in [-0.15, -0.1) is 0 Å². The van der Waals surface area contributed by atoms with Gasteiger partial charge in [0, 0.05) is 17.7 Å². The molecule has 90 valence electrons. The average molecular weight is 237 g/mol. The minimum Gasteiger partial charge on any atom is -0.497 e. The van der Waals surface area contributed by atoms with Gasteiger partial charge in [-0.05, 0) is 6.42 Å². The van der Waals surface area contributed by atoms with Crippen LogP contribution in [0, 0.1) is 11.6 Å². The van der Waals surface area contributed by atoms with Crippen LogP contribution in [0.4, 0.5) is 17.6 Å². The minimum atomic E-state index is -2.82. The highest BCUT2D eigenvalue weighted by molar-refractivity contribution is 5.31. The number of halogens is 4. The zero-order chi connectivity index (χ0) is 12.3. The standard InChI is InChI=1S/C10H11F4NO/c1-16-5-2-7(11)6(8(12)3-5)4-9(15)10(13)14/h2-3,9-10H,4,15H2,1H3. The molecular weight excluding hydrogens is 226 g/mol. The van der Waals surface area contributed by atoms with Crippen LogP contribution in [-0.4, -0.2) is 19.6 Å². The van der Waals surface area contributed by atoms with Crippen LogP contribution in [0.5, 0.6) is 5.75 Å². The second kappa shape index (κ2) is 5.16. The summed E-state index contributed by atoms with van der Waals surface area (Å²) in [6, 6.07) is 0.269. The van der Waals surface area contributed by atoms with Crippen LogP contribution in [0.25, 0.3) is 0 Å². The van der Waals surface area contributed by atoms with Crippen LogP contribution in [0.15, 0.2) is 12.1 Å². The third-order valence-corrected chi connectivity index (χ3v) is 2.11. The van der Waals surface area contributed by atoms with Crippen molar-refractivity contribution in [2.45, 2.75) is 18.9 Å². The number of hydrogen-bond acceptors (Lipinski definition) is 2. The fourth-order valence-corrected chi connectivity index (χ4v) is 1.22. The highest BCUT2D eigenvalue weighted by atomic mass is 19.3. The van der Waals surface area contributed by atoms with Crippen molar-refractivity contribution >= 4 is 0 Å². The number of nitrogens with two attached hydrogens (primary N) is 1. The Kier molecular flexibility index (Phi) is 4.12. The number of alkyl halides is 2. The zero-order valence-corrected chi connectivity index (χ0v) is 8.51. The number of hydrogen-bond donors (Lipinski definition) is 1. The van der Waals surface area contributed by atoms with Gasteiger partial charge in [0.2, 0.25) is 0 Å². The average Bonchev–Trinajstić information content (AvgIpc) is 2.22. The van der Waals surface area contributed by atoms with Crippen molar-refractivity contribution < 1.29 is 22.3 Å². The Labute approximate surface area is 90.0 Å². The van der Waals surface area contributed by atoms with Gasteiger partial charge in [0.25, 0.3) is 6.43 Å². The first-order chi connectivity index (χ1) is 7.45. The molecule has 0 spiro atoms. The maximum Gasteiger partial charge on any atom is 0.253 e. The molecule has 1 aromatic rings. The molecule has 2 N–H and O–H groups in total. The number of benzene rings is 1. The van der Waals surface area contributed by atoms with Crippen LogP contribution < -0.4 is 10.5 Å². The summed E-state index contributed by atoms with van der Waals surface area (Å²) in [4.78, 5) is 0. The second-order valence-corrected chi connectivity index (χ2v) is 3.27. The molecule has 1 aromatic carbocycles. The molecule has 16 heavy (non-hydrogen) atoms. The lowest BCUT2D eigenvalue weighted by Gasteiger charge is -2.12. The van der Waals surface area contributed by atoms with Crippen LogP contribution in [-0.2, 0) is 6.42 Å². The quantitative estimate of drug-likeness (QED) is 0.814. The van der Waals surface area contributed by atoms with Crippen molar-refractivity contribution in [1.29, 1.82) is 0 Å². The molecule has 0 heterocycles. The van der Waals surface area contributed by atoms with Crippen LogP contribution in [0.3, 0.4) is 0 Å². The van der Waals surface area contributed by atoms with Gasteiger partial charge in [0.1, 0.15) is 17.4 Å². The van der Waals surface area contributed by atoms with Gasteiger partial charge in [-0.2, -0.15) is 0 Å². The lowest BCUT2D eigenvalue weighted by atomic mass is 10.1. The summed E-state index contributed by atoms with van der Waals surface area (Å²) in [5.41, 5.74) is 4.59. The Morgan fingerprint density at radius 2 is 1.75 bits per heavy atom. The maximum absolute atomic E-state index is 13.3. The van der Waals surface area contributed by atoms with Crippen LogP contribution >= 0.6 is 0 Å². The molecular formula is C10H11F4NO. The SMILES string of the molecule is COc1cc(F)c(CC(N)C(F)F)c(F)c1. The molecule has 0 aliphatic carbocycles. The summed E-state index contributed by atoms with van der Waals surface area (Å²) in [7, 11) is 1.25. The molecule has 0 radical (unpaired) electrons. The summed E-state index contributed by atoms with van der Waals surface area (Å²) in [5.74, 6) is -1.88. The van der Waals surface area contributed by atoms with E-state index < -0.39 is 36.1 Å². The van der Waals surface area contributed by atoms with E-state index in [1.807, 2.05) is 0 Å². The molecule has 6 heteroatoms.